The Morgan fingerprint density at radius 2 is 2.10 bits per heavy atom. The fourth-order valence-corrected chi connectivity index (χ4v) is 3.30. The van der Waals surface area contributed by atoms with Crippen LogP contribution in [0.4, 0.5) is 14.6 Å². The van der Waals surface area contributed by atoms with E-state index in [1.807, 2.05) is 13.8 Å². The minimum Gasteiger partial charge on any atom is -0.490 e. The summed E-state index contributed by atoms with van der Waals surface area (Å²) in [7, 11) is 0. The van der Waals surface area contributed by atoms with Crippen LogP contribution in [0.25, 0.3) is 11.1 Å². The first-order chi connectivity index (χ1) is 14.5. The van der Waals surface area contributed by atoms with Gasteiger partial charge in [-0.2, -0.15) is 5.26 Å². The lowest BCUT2D eigenvalue weighted by Gasteiger charge is -2.25. The highest BCUT2D eigenvalue weighted by molar-refractivity contribution is 5.95. The van der Waals surface area contributed by atoms with Gasteiger partial charge in [0.15, 0.2) is 0 Å². The number of nitrogens with two attached hydrogens (primary N) is 1. The van der Waals surface area contributed by atoms with Gasteiger partial charge in [0.05, 0.1) is 11.1 Å². The number of pyridine rings is 1. The van der Waals surface area contributed by atoms with Crippen LogP contribution in [0, 0.1) is 17.2 Å². The van der Waals surface area contributed by atoms with E-state index in [0.717, 1.165) is 5.57 Å². The van der Waals surface area contributed by atoms with Gasteiger partial charge in [0.2, 0.25) is 5.91 Å². The summed E-state index contributed by atoms with van der Waals surface area (Å²) < 4.78 is 31.9. The van der Waals surface area contributed by atoms with E-state index in [9.17, 15) is 18.8 Å². The fourth-order valence-electron chi connectivity index (χ4n) is 3.30. The van der Waals surface area contributed by atoms with Gasteiger partial charge >= 0.3 is 0 Å². The number of amides is 1. The van der Waals surface area contributed by atoms with Gasteiger partial charge in [0.25, 0.3) is 5.92 Å². The highest BCUT2D eigenvalue weighted by Crippen LogP contribution is 2.49. The molecule has 0 unspecified atom stereocenters. The molecule has 1 heterocycles. The van der Waals surface area contributed by atoms with Gasteiger partial charge in [-0.25, -0.2) is 13.8 Å². The minimum atomic E-state index is -2.94. The van der Waals surface area contributed by atoms with Gasteiger partial charge < -0.3 is 15.8 Å². The smallest absolute Gasteiger partial charge is 0.260 e. The molecule has 1 aromatic heterocycles. The van der Waals surface area contributed by atoms with Crippen molar-refractivity contribution >= 4 is 11.7 Å². The van der Waals surface area contributed by atoms with Crippen LogP contribution in [0.2, 0.25) is 0 Å². The maximum Gasteiger partial charge on any atom is 0.260 e. The lowest BCUT2D eigenvalue weighted by Crippen LogP contribution is -2.42. The number of alkyl halides is 2. The summed E-state index contributed by atoms with van der Waals surface area (Å²) in [6.07, 6.45) is 1.61. The topological polar surface area (TPSA) is 101 Å². The number of benzene rings is 1. The summed E-state index contributed by atoms with van der Waals surface area (Å²) in [6.45, 7) is 7.82. The molecule has 8 heteroatoms. The molecule has 1 aliphatic carbocycles. The molecule has 2 aromatic rings. The third-order valence-corrected chi connectivity index (χ3v) is 4.85. The average molecular weight is 426 g/mol. The van der Waals surface area contributed by atoms with Crippen molar-refractivity contribution in [3.8, 4) is 22.9 Å². The molecule has 3 rings (SSSR count). The lowest BCUT2D eigenvalue weighted by molar-refractivity contribution is -0.119. The first-order valence-corrected chi connectivity index (χ1v) is 9.76. The van der Waals surface area contributed by atoms with Gasteiger partial charge in [-0.05, 0) is 55.7 Å². The molecule has 31 heavy (non-hydrogen) atoms. The molecule has 6 nitrogen and oxygen atoms in total. The van der Waals surface area contributed by atoms with Crippen LogP contribution in [0.5, 0.6) is 5.75 Å². The van der Waals surface area contributed by atoms with Crippen LogP contribution in [0.15, 0.2) is 48.7 Å². The van der Waals surface area contributed by atoms with Crippen molar-refractivity contribution in [1.29, 1.82) is 5.26 Å². The monoisotopic (exact) mass is 426 g/mol. The number of anilines is 1. The summed E-state index contributed by atoms with van der Waals surface area (Å²) in [6, 6.07) is 10.5. The maximum atomic E-state index is 13.1. The Morgan fingerprint density at radius 3 is 2.71 bits per heavy atom. The Bertz CT molecular complexity index is 1060. The first-order valence-electron chi connectivity index (χ1n) is 9.76. The molecule has 1 aliphatic rings. The Hall–Kier alpha value is -3.31. The fraction of sp³-hybridized carbons (Fsp3) is 0.348. The summed E-state index contributed by atoms with van der Waals surface area (Å²) in [5.74, 6) is -4.43. The molecule has 0 aliphatic heterocycles. The van der Waals surface area contributed by atoms with Crippen LogP contribution in [0.1, 0.15) is 32.3 Å². The van der Waals surface area contributed by atoms with Crippen LogP contribution < -0.4 is 15.8 Å². The molecule has 1 aromatic carbocycles. The van der Waals surface area contributed by atoms with Gasteiger partial charge in [-0.1, -0.05) is 11.6 Å². The predicted octanol–water partition coefficient (Wildman–Crippen LogP) is 4.28. The van der Waals surface area contributed by atoms with E-state index in [1.54, 1.807) is 30.3 Å². The molecule has 1 saturated carbocycles. The second-order valence-electron chi connectivity index (χ2n) is 8.34. The molecule has 0 bridgehead atoms. The van der Waals surface area contributed by atoms with Crippen LogP contribution in [-0.2, 0) is 4.79 Å². The summed E-state index contributed by atoms with van der Waals surface area (Å²) >= 11 is 0. The number of aromatic nitrogens is 1. The molecule has 0 saturated heterocycles. The van der Waals surface area contributed by atoms with E-state index < -0.39 is 29.7 Å². The van der Waals surface area contributed by atoms with Crippen LogP contribution in [-0.4, -0.2) is 29.0 Å². The molecular weight excluding hydrogens is 402 g/mol. The van der Waals surface area contributed by atoms with Crippen molar-refractivity contribution in [3.63, 3.8) is 0 Å². The zero-order valence-corrected chi connectivity index (χ0v) is 17.4. The second-order valence-corrected chi connectivity index (χ2v) is 8.34. The number of hydrogen-bond acceptors (Lipinski definition) is 5. The van der Waals surface area contributed by atoms with E-state index in [-0.39, 0.29) is 12.4 Å². The normalized spacial score (nSPS) is 18.4. The van der Waals surface area contributed by atoms with E-state index in [4.69, 9.17) is 10.5 Å². The number of nitriles is 1. The van der Waals surface area contributed by atoms with E-state index in [0.29, 0.717) is 28.9 Å². The molecule has 0 radical (unpaired) electrons. The van der Waals surface area contributed by atoms with Gasteiger partial charge in [-0.15, -0.1) is 6.58 Å². The number of rotatable bonds is 8. The van der Waals surface area contributed by atoms with Crippen molar-refractivity contribution in [2.45, 2.75) is 38.2 Å². The Morgan fingerprint density at radius 1 is 1.42 bits per heavy atom. The third kappa shape index (κ3) is 5.64. The number of hydrogen-bond donors (Lipinski definition) is 2. The zero-order chi connectivity index (χ0) is 22.8. The summed E-state index contributed by atoms with van der Waals surface area (Å²) in [4.78, 5) is 15.9. The molecule has 162 valence electrons. The van der Waals surface area contributed by atoms with Gasteiger partial charge in [0.1, 0.15) is 30.2 Å². The Labute approximate surface area is 179 Å². The van der Waals surface area contributed by atoms with Gasteiger partial charge in [-0.3, -0.25) is 4.79 Å². The van der Waals surface area contributed by atoms with E-state index in [1.165, 1.54) is 6.20 Å². The van der Waals surface area contributed by atoms with Gasteiger partial charge in [0, 0.05) is 12.6 Å². The first kappa shape index (κ1) is 22.4. The van der Waals surface area contributed by atoms with Crippen molar-refractivity contribution < 1.29 is 18.3 Å². The number of nitrogens with one attached hydrogen (secondary N) is 1. The van der Waals surface area contributed by atoms with Crippen LogP contribution >= 0.6 is 0 Å². The molecule has 0 spiro atoms. The van der Waals surface area contributed by atoms with E-state index >= 15 is 0 Å². The molecule has 1 fully saturated rings. The van der Waals surface area contributed by atoms with Crippen molar-refractivity contribution in [3.05, 3.63) is 54.2 Å². The second kappa shape index (κ2) is 8.44. The van der Waals surface area contributed by atoms with E-state index in [2.05, 4.69) is 22.9 Å². The highest BCUT2D eigenvalue weighted by atomic mass is 19.3. The predicted molar refractivity (Wildman–Crippen MR) is 114 cm³/mol. The van der Waals surface area contributed by atoms with Crippen molar-refractivity contribution in [2.75, 3.05) is 11.9 Å². The summed E-state index contributed by atoms with van der Waals surface area (Å²) in [5.41, 5.74) is 8.22. The standard InChI is InChI=1S/C23H24F2N4O2/c1-14(2)10-22(3,27)13-31-19-5-4-15(8-17(19)12-26)16-6-7-28-20(9-16)29-21(30)18-11-23(18,24)25/h4-9,18H,1,10-11,13,27H2,2-3H3,(H,28,29,30)/t18-,22-/m0/s1. The molecule has 1 amide bonds. The maximum absolute atomic E-state index is 13.1. The molecular formula is C23H24F2N4O2. The van der Waals surface area contributed by atoms with Crippen LogP contribution in [0.3, 0.4) is 0 Å². The average Bonchev–Trinajstić information content (AvgIpc) is 3.34. The number of ether oxygens (including phenoxy) is 1. The Kier molecular flexibility index (Phi) is 6.09. The largest absolute Gasteiger partial charge is 0.490 e. The number of carbonyl (C=O) groups is 1. The van der Waals surface area contributed by atoms with Crippen molar-refractivity contribution in [2.24, 2.45) is 11.7 Å². The highest BCUT2D eigenvalue weighted by Gasteiger charge is 2.61. The molecule has 3 N–H and O–H groups in total. The molecule has 2 atom stereocenters. The third-order valence-electron chi connectivity index (χ3n) is 4.85. The zero-order valence-electron chi connectivity index (χ0n) is 17.4. The number of carbonyl (C=O) groups excluding carboxylic acids is 1. The summed E-state index contributed by atoms with van der Waals surface area (Å²) in [5, 5.41) is 12.0. The minimum absolute atomic E-state index is 0.169. The number of halogens is 2. The SMILES string of the molecule is C=C(C)C[C@](C)(N)COc1ccc(-c2ccnc(NC(=O)[C@@H]3CC3(F)F)c2)cc1C#N. The number of nitrogens with zero attached hydrogens (tertiary/aromatic N) is 2. The Balaban J connectivity index is 1.74. The quantitative estimate of drug-likeness (QED) is 0.614. The van der Waals surface area contributed by atoms with Crippen molar-refractivity contribution in [1.82, 2.24) is 4.98 Å². The lowest BCUT2D eigenvalue weighted by atomic mass is 9.96.